The molecule has 0 aliphatic heterocycles. The molecule has 5 heteroatoms. The van der Waals surface area contributed by atoms with Crippen LogP contribution in [0.4, 0.5) is 11.4 Å². The number of likely N-dealkylation sites (N-methyl/N-ethyl adjacent to an activating group) is 1. The number of nitrogens with two attached hydrogens (primary N) is 1. The zero-order valence-electron chi connectivity index (χ0n) is 10.7. The molecular weight excluding hydrogens is 228 g/mol. The molecule has 1 amide bonds. The average Bonchev–Trinajstić information content (AvgIpc) is 2.35. The van der Waals surface area contributed by atoms with E-state index in [-0.39, 0.29) is 12.5 Å². The van der Waals surface area contributed by atoms with Gasteiger partial charge in [0.05, 0.1) is 29.6 Å². The SMILES string of the molecule is CCCNC(=O)CN(C)c1ccc(C#N)cc1N. The summed E-state index contributed by atoms with van der Waals surface area (Å²) >= 11 is 0. The summed E-state index contributed by atoms with van der Waals surface area (Å²) in [5.74, 6) is -0.0388. The summed E-state index contributed by atoms with van der Waals surface area (Å²) in [6.45, 7) is 2.92. The Labute approximate surface area is 107 Å². The maximum absolute atomic E-state index is 11.6. The van der Waals surface area contributed by atoms with E-state index < -0.39 is 0 Å². The van der Waals surface area contributed by atoms with Gasteiger partial charge in [0.2, 0.25) is 5.91 Å². The number of nitrogens with zero attached hydrogens (tertiary/aromatic N) is 2. The molecule has 3 N–H and O–H groups in total. The van der Waals surface area contributed by atoms with Gasteiger partial charge < -0.3 is 16.0 Å². The lowest BCUT2D eigenvalue weighted by molar-refractivity contribution is -0.119. The third-order valence-electron chi connectivity index (χ3n) is 2.52. The molecule has 0 spiro atoms. The number of nitriles is 1. The van der Waals surface area contributed by atoms with Crippen molar-refractivity contribution in [2.24, 2.45) is 0 Å². The highest BCUT2D eigenvalue weighted by molar-refractivity contribution is 5.83. The molecule has 0 saturated carbocycles. The average molecular weight is 246 g/mol. The third-order valence-corrected chi connectivity index (χ3v) is 2.52. The van der Waals surface area contributed by atoms with Crippen LogP contribution in [0, 0.1) is 11.3 Å². The number of hydrogen-bond acceptors (Lipinski definition) is 4. The number of anilines is 2. The highest BCUT2D eigenvalue weighted by Gasteiger charge is 2.09. The fourth-order valence-corrected chi connectivity index (χ4v) is 1.59. The topological polar surface area (TPSA) is 82.2 Å². The van der Waals surface area contributed by atoms with E-state index in [1.54, 1.807) is 30.1 Å². The molecule has 0 heterocycles. The fourth-order valence-electron chi connectivity index (χ4n) is 1.59. The second-order valence-electron chi connectivity index (χ2n) is 4.09. The lowest BCUT2D eigenvalue weighted by atomic mass is 10.2. The summed E-state index contributed by atoms with van der Waals surface area (Å²) in [5, 5.41) is 11.6. The number of amides is 1. The number of carbonyl (C=O) groups is 1. The van der Waals surface area contributed by atoms with Gasteiger partial charge in [0.25, 0.3) is 0 Å². The molecular formula is C13H18N4O. The van der Waals surface area contributed by atoms with Crippen LogP contribution >= 0.6 is 0 Å². The van der Waals surface area contributed by atoms with Crippen LogP contribution in [0.15, 0.2) is 18.2 Å². The Bertz CT molecular complexity index is 465. The van der Waals surface area contributed by atoms with Gasteiger partial charge in [-0.25, -0.2) is 0 Å². The van der Waals surface area contributed by atoms with Crippen molar-refractivity contribution in [3.8, 4) is 6.07 Å². The van der Waals surface area contributed by atoms with Crippen LogP contribution in [0.3, 0.4) is 0 Å². The van der Waals surface area contributed by atoms with Crippen molar-refractivity contribution in [1.29, 1.82) is 5.26 Å². The summed E-state index contributed by atoms with van der Waals surface area (Å²) in [7, 11) is 1.79. The predicted molar refractivity (Wildman–Crippen MR) is 72.1 cm³/mol. The molecule has 0 aliphatic carbocycles. The monoisotopic (exact) mass is 246 g/mol. The lowest BCUT2D eigenvalue weighted by Gasteiger charge is -2.20. The minimum Gasteiger partial charge on any atom is -0.397 e. The van der Waals surface area contributed by atoms with Crippen LogP contribution in [0.1, 0.15) is 18.9 Å². The van der Waals surface area contributed by atoms with Crippen LogP contribution in [0.5, 0.6) is 0 Å². The Kier molecular flexibility index (Phi) is 5.00. The van der Waals surface area contributed by atoms with Crippen LogP contribution in [0.2, 0.25) is 0 Å². The maximum Gasteiger partial charge on any atom is 0.239 e. The van der Waals surface area contributed by atoms with E-state index in [0.29, 0.717) is 17.8 Å². The summed E-state index contributed by atoms with van der Waals surface area (Å²) in [5.41, 5.74) is 7.61. The van der Waals surface area contributed by atoms with E-state index in [1.165, 1.54) is 0 Å². The van der Waals surface area contributed by atoms with E-state index in [4.69, 9.17) is 11.0 Å². The molecule has 0 aromatic heterocycles. The van der Waals surface area contributed by atoms with Crippen molar-refractivity contribution in [2.75, 3.05) is 30.8 Å². The summed E-state index contributed by atoms with van der Waals surface area (Å²) in [6, 6.07) is 7.07. The van der Waals surface area contributed by atoms with Crippen LogP contribution in [-0.2, 0) is 4.79 Å². The Morgan fingerprint density at radius 1 is 1.56 bits per heavy atom. The Balaban J connectivity index is 2.70. The van der Waals surface area contributed by atoms with Crippen LogP contribution < -0.4 is 16.0 Å². The van der Waals surface area contributed by atoms with Gasteiger partial charge in [-0.05, 0) is 24.6 Å². The number of benzene rings is 1. The number of nitrogens with one attached hydrogen (secondary N) is 1. The molecule has 0 radical (unpaired) electrons. The first-order valence-corrected chi connectivity index (χ1v) is 5.86. The van der Waals surface area contributed by atoms with Crippen LogP contribution in [-0.4, -0.2) is 26.0 Å². The molecule has 1 aromatic carbocycles. The van der Waals surface area contributed by atoms with Crippen LogP contribution in [0.25, 0.3) is 0 Å². The zero-order valence-corrected chi connectivity index (χ0v) is 10.7. The normalized spacial score (nSPS) is 9.61. The first kappa shape index (κ1) is 13.8. The van der Waals surface area contributed by atoms with Crippen molar-refractivity contribution < 1.29 is 4.79 Å². The second-order valence-corrected chi connectivity index (χ2v) is 4.09. The first-order chi connectivity index (χ1) is 8.58. The van der Waals surface area contributed by atoms with E-state index in [1.807, 2.05) is 13.0 Å². The van der Waals surface area contributed by atoms with Gasteiger partial charge in [-0.3, -0.25) is 4.79 Å². The molecule has 0 unspecified atom stereocenters. The maximum atomic E-state index is 11.6. The highest BCUT2D eigenvalue weighted by atomic mass is 16.2. The summed E-state index contributed by atoms with van der Waals surface area (Å²) in [4.78, 5) is 13.3. The van der Waals surface area contributed by atoms with Gasteiger partial charge in [-0.15, -0.1) is 0 Å². The Hall–Kier alpha value is -2.22. The lowest BCUT2D eigenvalue weighted by Crippen LogP contribution is -2.35. The molecule has 96 valence electrons. The van der Waals surface area contributed by atoms with Crippen molar-refractivity contribution in [3.05, 3.63) is 23.8 Å². The first-order valence-electron chi connectivity index (χ1n) is 5.86. The molecule has 0 saturated heterocycles. The predicted octanol–water partition coefficient (Wildman–Crippen LogP) is 1.10. The number of carbonyl (C=O) groups excluding carboxylic acids is 1. The van der Waals surface area contributed by atoms with E-state index in [9.17, 15) is 4.79 Å². The van der Waals surface area contributed by atoms with Crippen molar-refractivity contribution in [1.82, 2.24) is 5.32 Å². The van der Waals surface area contributed by atoms with E-state index >= 15 is 0 Å². The van der Waals surface area contributed by atoms with Gasteiger partial charge in [0.1, 0.15) is 0 Å². The molecule has 18 heavy (non-hydrogen) atoms. The zero-order chi connectivity index (χ0) is 13.5. The number of nitrogen functional groups attached to an aromatic ring is 1. The van der Waals surface area contributed by atoms with Gasteiger partial charge in [-0.2, -0.15) is 5.26 Å². The number of hydrogen-bond donors (Lipinski definition) is 2. The van der Waals surface area contributed by atoms with Gasteiger partial charge in [0, 0.05) is 13.6 Å². The highest BCUT2D eigenvalue weighted by Crippen LogP contribution is 2.22. The van der Waals surface area contributed by atoms with Crippen molar-refractivity contribution in [3.63, 3.8) is 0 Å². The minimum absolute atomic E-state index is 0.0388. The van der Waals surface area contributed by atoms with E-state index in [2.05, 4.69) is 5.32 Å². The fraction of sp³-hybridized carbons (Fsp3) is 0.385. The smallest absolute Gasteiger partial charge is 0.239 e. The molecule has 0 aliphatic rings. The molecule has 0 atom stereocenters. The second kappa shape index (κ2) is 6.50. The molecule has 5 nitrogen and oxygen atoms in total. The molecule has 1 rings (SSSR count). The molecule has 1 aromatic rings. The van der Waals surface area contributed by atoms with Gasteiger partial charge in [0.15, 0.2) is 0 Å². The summed E-state index contributed by atoms with van der Waals surface area (Å²) in [6.07, 6.45) is 0.911. The van der Waals surface area contributed by atoms with Gasteiger partial charge >= 0.3 is 0 Å². The standard InChI is InChI=1S/C13H18N4O/c1-3-6-16-13(18)9-17(2)12-5-4-10(8-14)7-11(12)15/h4-5,7H,3,6,9,15H2,1-2H3,(H,16,18). The number of rotatable bonds is 5. The minimum atomic E-state index is -0.0388. The quantitative estimate of drug-likeness (QED) is 0.762. The Morgan fingerprint density at radius 2 is 2.28 bits per heavy atom. The van der Waals surface area contributed by atoms with Gasteiger partial charge in [-0.1, -0.05) is 6.92 Å². The van der Waals surface area contributed by atoms with Crippen molar-refractivity contribution in [2.45, 2.75) is 13.3 Å². The molecule has 0 bridgehead atoms. The largest absolute Gasteiger partial charge is 0.397 e. The third kappa shape index (κ3) is 3.67. The Morgan fingerprint density at radius 3 is 2.83 bits per heavy atom. The molecule has 0 fully saturated rings. The van der Waals surface area contributed by atoms with E-state index in [0.717, 1.165) is 12.1 Å². The summed E-state index contributed by atoms with van der Waals surface area (Å²) < 4.78 is 0. The van der Waals surface area contributed by atoms with Crippen molar-refractivity contribution >= 4 is 17.3 Å².